The van der Waals surface area contributed by atoms with Crippen LogP contribution in [0.25, 0.3) is 0 Å². The van der Waals surface area contributed by atoms with E-state index in [0.717, 1.165) is 0 Å². The summed E-state index contributed by atoms with van der Waals surface area (Å²) in [7, 11) is 2.97. The Labute approximate surface area is 98.9 Å². The van der Waals surface area contributed by atoms with Gasteiger partial charge in [0.25, 0.3) is 0 Å². The van der Waals surface area contributed by atoms with Gasteiger partial charge in [-0.1, -0.05) is 5.11 Å². The molecule has 0 radical (unpaired) electrons. The summed E-state index contributed by atoms with van der Waals surface area (Å²) in [6.45, 7) is 0.487. The Bertz CT molecular complexity index is 256. The fourth-order valence-corrected chi connectivity index (χ4v) is 0.676. The van der Waals surface area contributed by atoms with E-state index in [4.69, 9.17) is 0 Å². The molecule has 0 N–H and O–H groups in total. The molecule has 0 aliphatic heterocycles. The van der Waals surface area contributed by atoms with Gasteiger partial charge in [0.1, 0.15) is 13.2 Å². The average molecular weight is 248 g/mol. The van der Waals surface area contributed by atoms with E-state index >= 15 is 0 Å². The molecule has 8 heteroatoms. The molecule has 0 heterocycles. The maximum Gasteiger partial charge on any atom is 0.452 e. The Hall–Kier alpha value is -1.54. The first-order valence-corrected chi connectivity index (χ1v) is 4.88. The molecule has 1 amide bonds. The van der Waals surface area contributed by atoms with Crippen molar-refractivity contribution in [3.63, 3.8) is 0 Å². The molecular formula is C9H16N2O6. The SMILES string of the molecule is COCCOC(=O)CN=NC(=O)OCCOC. The standard InChI is InChI=1S/C9H16N2O6/c1-14-3-5-16-8(12)7-10-11-9(13)17-6-4-15-2/h3-7H2,1-2H3. The van der Waals surface area contributed by atoms with E-state index in [2.05, 4.69) is 29.2 Å². The van der Waals surface area contributed by atoms with Crippen molar-refractivity contribution < 1.29 is 28.5 Å². The second-order valence-electron chi connectivity index (χ2n) is 2.72. The Morgan fingerprint density at radius 2 is 1.53 bits per heavy atom. The number of rotatable bonds is 8. The molecule has 8 nitrogen and oxygen atoms in total. The number of methoxy groups -OCH3 is 2. The first kappa shape index (κ1) is 15.5. The van der Waals surface area contributed by atoms with Gasteiger partial charge in [-0.25, -0.2) is 9.59 Å². The van der Waals surface area contributed by atoms with E-state index in [1.807, 2.05) is 0 Å². The van der Waals surface area contributed by atoms with E-state index in [1.54, 1.807) is 0 Å². The number of nitrogens with zero attached hydrogens (tertiary/aromatic N) is 2. The molecule has 0 aromatic rings. The van der Waals surface area contributed by atoms with Crippen molar-refractivity contribution in [2.75, 3.05) is 47.2 Å². The Morgan fingerprint density at radius 1 is 0.941 bits per heavy atom. The highest BCUT2D eigenvalue weighted by Gasteiger charge is 2.02. The zero-order valence-corrected chi connectivity index (χ0v) is 9.88. The lowest BCUT2D eigenvalue weighted by Crippen LogP contribution is -2.12. The predicted octanol–water partition coefficient (Wildman–Crippen LogP) is 0.411. The number of esters is 1. The zero-order valence-electron chi connectivity index (χ0n) is 9.88. The van der Waals surface area contributed by atoms with E-state index in [9.17, 15) is 9.59 Å². The van der Waals surface area contributed by atoms with Crippen LogP contribution < -0.4 is 0 Å². The van der Waals surface area contributed by atoms with Gasteiger partial charge in [0, 0.05) is 14.2 Å². The Morgan fingerprint density at radius 3 is 2.12 bits per heavy atom. The number of hydrogen-bond acceptors (Lipinski definition) is 7. The summed E-state index contributed by atoms with van der Waals surface area (Å²) in [6, 6.07) is 0. The number of carbonyl (C=O) groups excluding carboxylic acids is 2. The molecule has 0 aromatic heterocycles. The summed E-state index contributed by atoms with van der Waals surface area (Å²) in [5, 5.41) is 6.46. The van der Waals surface area contributed by atoms with Gasteiger partial charge in [0.05, 0.1) is 13.2 Å². The second kappa shape index (κ2) is 11.0. The maximum absolute atomic E-state index is 11.0. The summed E-state index contributed by atoms with van der Waals surface area (Å²) >= 11 is 0. The quantitative estimate of drug-likeness (QED) is 0.350. The van der Waals surface area contributed by atoms with Crippen LogP contribution in [0.5, 0.6) is 0 Å². The van der Waals surface area contributed by atoms with Gasteiger partial charge < -0.3 is 18.9 Å². The minimum atomic E-state index is -0.869. The van der Waals surface area contributed by atoms with Crippen LogP contribution >= 0.6 is 0 Å². The minimum Gasteiger partial charge on any atom is -0.462 e. The predicted molar refractivity (Wildman–Crippen MR) is 55.8 cm³/mol. The molecule has 0 saturated heterocycles. The van der Waals surface area contributed by atoms with Crippen LogP contribution in [0.4, 0.5) is 4.79 Å². The van der Waals surface area contributed by atoms with Crippen LogP contribution in [-0.2, 0) is 23.7 Å². The highest BCUT2D eigenvalue weighted by atomic mass is 16.6. The molecule has 98 valence electrons. The van der Waals surface area contributed by atoms with Gasteiger partial charge in [-0.2, -0.15) is 5.11 Å². The van der Waals surface area contributed by atoms with Gasteiger partial charge in [-0.3, -0.25) is 0 Å². The molecule has 0 aliphatic rings. The van der Waals surface area contributed by atoms with Crippen LogP contribution in [0.1, 0.15) is 0 Å². The first-order valence-electron chi connectivity index (χ1n) is 4.88. The molecule has 0 saturated carbocycles. The van der Waals surface area contributed by atoms with E-state index in [-0.39, 0.29) is 26.4 Å². The van der Waals surface area contributed by atoms with Crippen molar-refractivity contribution in [2.45, 2.75) is 0 Å². The Balaban J connectivity index is 3.56. The van der Waals surface area contributed by atoms with Crippen molar-refractivity contribution in [1.82, 2.24) is 0 Å². The molecule has 0 fully saturated rings. The largest absolute Gasteiger partial charge is 0.462 e. The number of amides is 1. The third kappa shape index (κ3) is 10.7. The van der Waals surface area contributed by atoms with Crippen molar-refractivity contribution in [1.29, 1.82) is 0 Å². The molecule has 0 bridgehead atoms. The lowest BCUT2D eigenvalue weighted by Gasteiger charge is -2.00. The molecule has 0 spiro atoms. The fraction of sp³-hybridized carbons (Fsp3) is 0.778. The normalized spacial score (nSPS) is 10.5. The number of azo groups is 1. The Kier molecular flexibility index (Phi) is 9.97. The monoisotopic (exact) mass is 248 g/mol. The molecule has 0 rings (SSSR count). The fourth-order valence-electron chi connectivity index (χ4n) is 0.676. The topological polar surface area (TPSA) is 95.8 Å². The van der Waals surface area contributed by atoms with E-state index in [1.165, 1.54) is 14.2 Å². The van der Waals surface area contributed by atoms with Crippen molar-refractivity contribution >= 4 is 12.1 Å². The smallest absolute Gasteiger partial charge is 0.452 e. The number of ether oxygens (including phenoxy) is 4. The van der Waals surface area contributed by atoms with E-state index in [0.29, 0.717) is 6.61 Å². The third-order valence-electron chi connectivity index (χ3n) is 1.42. The maximum atomic E-state index is 11.0. The van der Waals surface area contributed by atoms with Crippen LogP contribution in [0.2, 0.25) is 0 Å². The van der Waals surface area contributed by atoms with Gasteiger partial charge in [0.15, 0.2) is 6.54 Å². The first-order chi connectivity index (χ1) is 8.20. The lowest BCUT2D eigenvalue weighted by atomic mass is 10.7. The van der Waals surface area contributed by atoms with Crippen molar-refractivity contribution in [2.24, 2.45) is 10.2 Å². The molecular weight excluding hydrogens is 232 g/mol. The number of hydrogen-bond donors (Lipinski definition) is 0. The molecule has 17 heavy (non-hydrogen) atoms. The summed E-state index contributed by atoms with van der Waals surface area (Å²) in [5.41, 5.74) is 0. The highest BCUT2D eigenvalue weighted by Crippen LogP contribution is 1.88. The zero-order chi connectivity index (χ0) is 12.9. The van der Waals surface area contributed by atoms with Crippen molar-refractivity contribution in [3.05, 3.63) is 0 Å². The van der Waals surface area contributed by atoms with Gasteiger partial charge >= 0.3 is 12.1 Å². The van der Waals surface area contributed by atoms with Crippen LogP contribution in [0.3, 0.4) is 0 Å². The van der Waals surface area contributed by atoms with Gasteiger partial charge in [-0.15, -0.1) is 0 Å². The molecule has 0 atom stereocenters. The van der Waals surface area contributed by atoms with Crippen LogP contribution in [-0.4, -0.2) is 59.3 Å². The van der Waals surface area contributed by atoms with Crippen molar-refractivity contribution in [3.8, 4) is 0 Å². The third-order valence-corrected chi connectivity index (χ3v) is 1.42. The second-order valence-corrected chi connectivity index (χ2v) is 2.72. The minimum absolute atomic E-state index is 0.0899. The molecule has 0 aromatic carbocycles. The van der Waals surface area contributed by atoms with E-state index < -0.39 is 12.1 Å². The highest BCUT2D eigenvalue weighted by molar-refractivity contribution is 5.72. The van der Waals surface area contributed by atoms with Crippen LogP contribution in [0.15, 0.2) is 10.2 Å². The summed E-state index contributed by atoms with van der Waals surface area (Å²) < 4.78 is 18.6. The van der Waals surface area contributed by atoms with Gasteiger partial charge in [-0.05, 0) is 0 Å². The summed E-state index contributed by atoms with van der Waals surface area (Å²) in [4.78, 5) is 21.8. The van der Waals surface area contributed by atoms with Gasteiger partial charge in [0.2, 0.25) is 0 Å². The summed E-state index contributed by atoms with van der Waals surface area (Å²) in [6.07, 6.45) is -0.869. The summed E-state index contributed by atoms with van der Waals surface area (Å²) in [5.74, 6) is -0.588. The van der Waals surface area contributed by atoms with Crippen LogP contribution in [0, 0.1) is 0 Å². The average Bonchev–Trinajstić information content (AvgIpc) is 2.30. The number of carbonyl (C=O) groups is 2. The lowest BCUT2D eigenvalue weighted by molar-refractivity contribution is -0.143. The molecule has 0 unspecified atom stereocenters. The molecule has 0 aliphatic carbocycles.